The molecule has 1 fully saturated rings. The smallest absolute Gasteiger partial charge is 0.0931 e. The van der Waals surface area contributed by atoms with Gasteiger partial charge in [-0.15, -0.1) is 11.3 Å². The van der Waals surface area contributed by atoms with Gasteiger partial charge in [0.2, 0.25) is 0 Å². The van der Waals surface area contributed by atoms with Gasteiger partial charge in [-0.05, 0) is 51.3 Å². The molecule has 4 heteroatoms. The average molecular weight is 274 g/mol. The average Bonchev–Trinajstić information content (AvgIpc) is 2.78. The summed E-state index contributed by atoms with van der Waals surface area (Å²) in [6.07, 6.45) is 6.50. The van der Waals surface area contributed by atoms with Gasteiger partial charge < -0.3 is 10.1 Å². The molecule has 2 nitrogen and oxygen atoms in total. The van der Waals surface area contributed by atoms with E-state index in [1.807, 2.05) is 13.1 Å². The Morgan fingerprint density at radius 3 is 3.00 bits per heavy atom. The van der Waals surface area contributed by atoms with Gasteiger partial charge in [-0.25, -0.2) is 0 Å². The standard InChI is InChI=1S/C13H20ClNOS/c1-15-11(12-7-8-13(14)17-12)6-5-10-4-2-3-9-16-10/h7-8,10-11,15H,2-6,9H2,1H3. The summed E-state index contributed by atoms with van der Waals surface area (Å²) in [4.78, 5) is 1.33. The van der Waals surface area contributed by atoms with Crippen LogP contribution in [0.25, 0.3) is 0 Å². The van der Waals surface area contributed by atoms with Crippen LogP contribution >= 0.6 is 22.9 Å². The number of halogens is 1. The number of ether oxygens (including phenoxy) is 1. The van der Waals surface area contributed by atoms with Crippen molar-refractivity contribution in [1.29, 1.82) is 0 Å². The van der Waals surface area contributed by atoms with Crippen LogP contribution in [0.5, 0.6) is 0 Å². The molecule has 1 aromatic heterocycles. The van der Waals surface area contributed by atoms with E-state index in [0.29, 0.717) is 12.1 Å². The van der Waals surface area contributed by atoms with Crippen molar-refractivity contribution < 1.29 is 4.74 Å². The van der Waals surface area contributed by atoms with Crippen LogP contribution in [0.4, 0.5) is 0 Å². The van der Waals surface area contributed by atoms with Gasteiger partial charge in [0, 0.05) is 17.5 Å². The predicted molar refractivity (Wildman–Crippen MR) is 74.0 cm³/mol. The van der Waals surface area contributed by atoms with E-state index in [1.165, 1.54) is 24.1 Å². The van der Waals surface area contributed by atoms with Gasteiger partial charge in [0.05, 0.1) is 10.4 Å². The van der Waals surface area contributed by atoms with Crippen molar-refractivity contribution in [2.45, 2.75) is 44.2 Å². The van der Waals surface area contributed by atoms with Gasteiger partial charge in [0.25, 0.3) is 0 Å². The summed E-state index contributed by atoms with van der Waals surface area (Å²) in [5.74, 6) is 0. The van der Waals surface area contributed by atoms with E-state index in [0.717, 1.165) is 23.8 Å². The minimum Gasteiger partial charge on any atom is -0.378 e. The van der Waals surface area contributed by atoms with Gasteiger partial charge in [-0.2, -0.15) is 0 Å². The molecule has 0 aliphatic carbocycles. The Kier molecular flexibility index (Phi) is 5.29. The van der Waals surface area contributed by atoms with Crippen molar-refractivity contribution >= 4 is 22.9 Å². The largest absolute Gasteiger partial charge is 0.378 e. The maximum atomic E-state index is 5.98. The first-order valence-corrected chi connectivity index (χ1v) is 7.53. The Morgan fingerprint density at radius 1 is 1.53 bits per heavy atom. The second-order valence-corrected chi connectivity index (χ2v) is 6.30. The lowest BCUT2D eigenvalue weighted by atomic mass is 10.0. The molecule has 1 aliphatic heterocycles. The van der Waals surface area contributed by atoms with E-state index in [1.54, 1.807) is 11.3 Å². The first-order chi connectivity index (χ1) is 8.29. The van der Waals surface area contributed by atoms with E-state index in [4.69, 9.17) is 16.3 Å². The van der Waals surface area contributed by atoms with Crippen LogP contribution in [-0.4, -0.2) is 19.8 Å². The molecule has 96 valence electrons. The number of rotatable bonds is 5. The highest BCUT2D eigenvalue weighted by Gasteiger charge is 2.17. The van der Waals surface area contributed by atoms with Crippen LogP contribution in [0, 0.1) is 0 Å². The Morgan fingerprint density at radius 2 is 2.41 bits per heavy atom. The van der Waals surface area contributed by atoms with Gasteiger partial charge in [0.1, 0.15) is 0 Å². The summed E-state index contributed by atoms with van der Waals surface area (Å²) in [6.45, 7) is 0.944. The molecule has 0 radical (unpaired) electrons. The Hall–Kier alpha value is -0.0900. The van der Waals surface area contributed by atoms with Crippen LogP contribution in [-0.2, 0) is 4.74 Å². The minimum absolute atomic E-state index is 0.415. The zero-order chi connectivity index (χ0) is 12.1. The van der Waals surface area contributed by atoms with E-state index < -0.39 is 0 Å². The van der Waals surface area contributed by atoms with E-state index in [2.05, 4.69) is 11.4 Å². The number of thiophene rings is 1. The topological polar surface area (TPSA) is 21.3 Å². The van der Waals surface area contributed by atoms with Crippen LogP contribution in [0.2, 0.25) is 4.34 Å². The Bertz CT molecular complexity index is 336. The van der Waals surface area contributed by atoms with E-state index >= 15 is 0 Å². The van der Waals surface area contributed by atoms with Crippen molar-refractivity contribution in [3.63, 3.8) is 0 Å². The maximum absolute atomic E-state index is 5.98. The van der Waals surface area contributed by atoms with Crippen LogP contribution < -0.4 is 5.32 Å². The van der Waals surface area contributed by atoms with E-state index in [-0.39, 0.29) is 0 Å². The molecule has 0 spiro atoms. The summed E-state index contributed by atoms with van der Waals surface area (Å²) >= 11 is 7.65. The van der Waals surface area contributed by atoms with Crippen molar-refractivity contribution in [1.82, 2.24) is 5.32 Å². The van der Waals surface area contributed by atoms with Crippen LogP contribution in [0.3, 0.4) is 0 Å². The second kappa shape index (κ2) is 6.74. The fourth-order valence-corrected chi connectivity index (χ4v) is 3.54. The third-order valence-electron chi connectivity index (χ3n) is 3.34. The van der Waals surface area contributed by atoms with E-state index in [9.17, 15) is 0 Å². The first kappa shape index (κ1) is 13.3. The third kappa shape index (κ3) is 3.95. The first-order valence-electron chi connectivity index (χ1n) is 6.33. The van der Waals surface area contributed by atoms with Crippen LogP contribution in [0.15, 0.2) is 12.1 Å². The van der Waals surface area contributed by atoms with Crippen molar-refractivity contribution in [3.8, 4) is 0 Å². The molecule has 2 heterocycles. The lowest BCUT2D eigenvalue weighted by Crippen LogP contribution is -2.22. The number of hydrogen-bond donors (Lipinski definition) is 1. The second-order valence-electron chi connectivity index (χ2n) is 4.55. The zero-order valence-electron chi connectivity index (χ0n) is 10.2. The molecule has 0 amide bonds. The Balaban J connectivity index is 1.82. The molecule has 0 aromatic carbocycles. The SMILES string of the molecule is CNC(CCC1CCCCO1)c1ccc(Cl)s1. The quantitative estimate of drug-likeness (QED) is 0.875. The highest BCUT2D eigenvalue weighted by molar-refractivity contribution is 7.16. The molecule has 2 atom stereocenters. The molecule has 2 rings (SSSR count). The summed E-state index contributed by atoms with van der Waals surface area (Å²) in [7, 11) is 2.01. The fraction of sp³-hybridized carbons (Fsp3) is 0.692. The number of nitrogens with one attached hydrogen (secondary N) is 1. The molecule has 0 bridgehead atoms. The monoisotopic (exact) mass is 273 g/mol. The van der Waals surface area contributed by atoms with Crippen LogP contribution in [0.1, 0.15) is 43.0 Å². The highest BCUT2D eigenvalue weighted by Crippen LogP contribution is 2.30. The summed E-state index contributed by atoms with van der Waals surface area (Å²) in [5, 5.41) is 3.37. The molecule has 1 aromatic rings. The zero-order valence-corrected chi connectivity index (χ0v) is 11.8. The molecule has 1 N–H and O–H groups in total. The molecule has 1 aliphatic rings. The summed E-state index contributed by atoms with van der Waals surface area (Å²) < 4.78 is 6.63. The molecular weight excluding hydrogens is 254 g/mol. The summed E-state index contributed by atoms with van der Waals surface area (Å²) in [6, 6.07) is 4.51. The van der Waals surface area contributed by atoms with Crippen molar-refractivity contribution in [2.24, 2.45) is 0 Å². The lowest BCUT2D eigenvalue weighted by molar-refractivity contribution is 0.00871. The van der Waals surface area contributed by atoms with Gasteiger partial charge in [-0.3, -0.25) is 0 Å². The van der Waals surface area contributed by atoms with Gasteiger partial charge in [-0.1, -0.05) is 11.6 Å². The van der Waals surface area contributed by atoms with Gasteiger partial charge in [0.15, 0.2) is 0 Å². The highest BCUT2D eigenvalue weighted by atomic mass is 35.5. The van der Waals surface area contributed by atoms with Gasteiger partial charge >= 0.3 is 0 Å². The molecule has 17 heavy (non-hydrogen) atoms. The van der Waals surface area contributed by atoms with Crippen molar-refractivity contribution in [2.75, 3.05) is 13.7 Å². The number of hydrogen-bond acceptors (Lipinski definition) is 3. The normalized spacial score (nSPS) is 22.6. The lowest BCUT2D eigenvalue weighted by Gasteiger charge is -2.24. The predicted octanol–water partition coefficient (Wildman–Crippen LogP) is 4.01. The Labute approximate surface area is 112 Å². The molecule has 2 unspecified atom stereocenters. The summed E-state index contributed by atoms with van der Waals surface area (Å²) in [5.41, 5.74) is 0. The molecule has 0 saturated carbocycles. The minimum atomic E-state index is 0.415. The fourth-order valence-electron chi connectivity index (χ4n) is 2.33. The van der Waals surface area contributed by atoms with Crippen molar-refractivity contribution in [3.05, 3.63) is 21.3 Å². The molecular formula is C13H20ClNOS. The maximum Gasteiger partial charge on any atom is 0.0931 e. The molecule has 1 saturated heterocycles. The third-order valence-corrected chi connectivity index (χ3v) is 4.68.